The maximum atomic E-state index is 13.0. The minimum absolute atomic E-state index is 0.143. The SMILES string of the molecule is COc1ccc(OC)c(C(=O)COC(=O)c2ccccc2OCc2ccc(F)cc2)c1. The summed E-state index contributed by atoms with van der Waals surface area (Å²) in [6.45, 7) is -0.334. The van der Waals surface area contributed by atoms with Gasteiger partial charge in [-0.25, -0.2) is 9.18 Å². The van der Waals surface area contributed by atoms with Gasteiger partial charge in [0.15, 0.2) is 6.61 Å². The number of carbonyl (C=O) groups excluding carboxylic acids is 2. The molecule has 0 saturated carbocycles. The lowest BCUT2D eigenvalue weighted by Gasteiger charge is -2.12. The highest BCUT2D eigenvalue weighted by Crippen LogP contribution is 2.25. The predicted molar refractivity (Wildman–Crippen MR) is 111 cm³/mol. The van der Waals surface area contributed by atoms with Gasteiger partial charge in [0.1, 0.15) is 35.2 Å². The molecule has 0 spiro atoms. The van der Waals surface area contributed by atoms with E-state index >= 15 is 0 Å². The molecule has 0 aliphatic carbocycles. The van der Waals surface area contributed by atoms with Crippen LogP contribution in [0.5, 0.6) is 17.2 Å². The van der Waals surface area contributed by atoms with Crippen molar-refractivity contribution in [3.8, 4) is 17.2 Å². The Morgan fingerprint density at radius 1 is 0.839 bits per heavy atom. The van der Waals surface area contributed by atoms with Crippen molar-refractivity contribution >= 4 is 11.8 Å². The molecule has 160 valence electrons. The largest absolute Gasteiger partial charge is 0.497 e. The topological polar surface area (TPSA) is 71.1 Å². The maximum absolute atomic E-state index is 13.0. The fourth-order valence-corrected chi connectivity index (χ4v) is 2.82. The summed E-state index contributed by atoms with van der Waals surface area (Å²) in [5, 5.41) is 0. The highest BCUT2D eigenvalue weighted by molar-refractivity contribution is 6.02. The number of esters is 1. The van der Waals surface area contributed by atoms with Crippen molar-refractivity contribution in [2.75, 3.05) is 20.8 Å². The molecular weight excluding hydrogens is 403 g/mol. The van der Waals surface area contributed by atoms with E-state index in [9.17, 15) is 14.0 Å². The Labute approximate surface area is 179 Å². The molecule has 0 saturated heterocycles. The average molecular weight is 424 g/mol. The van der Waals surface area contributed by atoms with Gasteiger partial charge in [0.25, 0.3) is 0 Å². The Kier molecular flexibility index (Phi) is 7.22. The lowest BCUT2D eigenvalue weighted by Crippen LogP contribution is -2.16. The first-order valence-corrected chi connectivity index (χ1v) is 9.40. The quantitative estimate of drug-likeness (QED) is 0.373. The molecule has 31 heavy (non-hydrogen) atoms. The summed E-state index contributed by atoms with van der Waals surface area (Å²) >= 11 is 0. The van der Waals surface area contributed by atoms with Gasteiger partial charge in [0.05, 0.1) is 19.8 Å². The van der Waals surface area contributed by atoms with Gasteiger partial charge in [-0.3, -0.25) is 4.79 Å². The van der Waals surface area contributed by atoms with Crippen LogP contribution in [0.15, 0.2) is 66.7 Å². The molecule has 0 atom stereocenters. The zero-order chi connectivity index (χ0) is 22.2. The Morgan fingerprint density at radius 2 is 1.58 bits per heavy atom. The molecule has 3 aromatic rings. The molecule has 0 bridgehead atoms. The third-order valence-corrected chi connectivity index (χ3v) is 4.46. The van der Waals surface area contributed by atoms with Crippen molar-refractivity contribution < 1.29 is 32.9 Å². The standard InChI is InChI=1S/C24H21FO6/c1-28-18-11-12-22(29-2)20(13-18)21(26)15-31-24(27)19-5-3-4-6-23(19)30-14-16-7-9-17(25)10-8-16/h3-13H,14-15H2,1-2H3. The van der Waals surface area contributed by atoms with E-state index in [-0.39, 0.29) is 23.6 Å². The number of methoxy groups -OCH3 is 2. The van der Waals surface area contributed by atoms with Crippen molar-refractivity contribution in [3.05, 3.63) is 89.2 Å². The number of ether oxygens (including phenoxy) is 4. The van der Waals surface area contributed by atoms with E-state index in [1.807, 2.05) is 0 Å². The Hall–Kier alpha value is -3.87. The van der Waals surface area contributed by atoms with Crippen LogP contribution in [0.3, 0.4) is 0 Å². The fourth-order valence-electron chi connectivity index (χ4n) is 2.82. The predicted octanol–water partition coefficient (Wildman–Crippen LogP) is 4.46. The zero-order valence-corrected chi connectivity index (χ0v) is 17.1. The molecule has 0 unspecified atom stereocenters. The average Bonchev–Trinajstić information content (AvgIpc) is 2.81. The van der Waals surface area contributed by atoms with Gasteiger partial charge in [0, 0.05) is 0 Å². The molecule has 0 N–H and O–H groups in total. The first-order chi connectivity index (χ1) is 15.0. The number of Topliss-reactive ketones (excluding diaryl/α,β-unsaturated/α-hetero) is 1. The van der Waals surface area contributed by atoms with Crippen molar-refractivity contribution in [1.82, 2.24) is 0 Å². The van der Waals surface area contributed by atoms with Gasteiger partial charge in [-0.1, -0.05) is 24.3 Å². The van der Waals surface area contributed by atoms with Gasteiger partial charge in [0.2, 0.25) is 5.78 Å². The summed E-state index contributed by atoms with van der Waals surface area (Å²) in [5.74, 6) is -0.355. The van der Waals surface area contributed by atoms with Gasteiger partial charge >= 0.3 is 5.97 Å². The first-order valence-electron chi connectivity index (χ1n) is 9.40. The summed E-state index contributed by atoms with van der Waals surface area (Å²) in [6.07, 6.45) is 0. The summed E-state index contributed by atoms with van der Waals surface area (Å²) in [4.78, 5) is 25.2. The number of para-hydroxylation sites is 1. The van der Waals surface area contributed by atoms with E-state index in [2.05, 4.69) is 0 Å². The smallest absolute Gasteiger partial charge is 0.342 e. The van der Waals surface area contributed by atoms with Crippen LogP contribution in [-0.4, -0.2) is 32.6 Å². The number of halogens is 1. The molecule has 0 aromatic heterocycles. The summed E-state index contributed by atoms with van der Waals surface area (Å²) in [7, 11) is 2.93. The third-order valence-electron chi connectivity index (χ3n) is 4.46. The van der Waals surface area contributed by atoms with E-state index in [1.165, 1.54) is 32.4 Å². The highest BCUT2D eigenvalue weighted by Gasteiger charge is 2.19. The zero-order valence-electron chi connectivity index (χ0n) is 17.1. The van der Waals surface area contributed by atoms with Crippen molar-refractivity contribution in [3.63, 3.8) is 0 Å². The maximum Gasteiger partial charge on any atom is 0.342 e. The summed E-state index contributed by atoms with van der Waals surface area (Å²) in [5.41, 5.74) is 1.16. The van der Waals surface area contributed by atoms with Crippen LogP contribution in [0.1, 0.15) is 26.3 Å². The Balaban J connectivity index is 1.67. The third kappa shape index (κ3) is 5.60. The Bertz CT molecular complexity index is 1060. The molecule has 7 heteroatoms. The lowest BCUT2D eigenvalue weighted by atomic mass is 10.1. The van der Waals surface area contributed by atoms with Crippen LogP contribution in [0.4, 0.5) is 4.39 Å². The number of ketones is 1. The van der Waals surface area contributed by atoms with Crippen LogP contribution in [-0.2, 0) is 11.3 Å². The molecule has 3 rings (SSSR count). The lowest BCUT2D eigenvalue weighted by molar-refractivity contribution is 0.0469. The highest BCUT2D eigenvalue weighted by atomic mass is 19.1. The number of hydrogen-bond donors (Lipinski definition) is 0. The van der Waals surface area contributed by atoms with Gasteiger partial charge in [-0.05, 0) is 48.0 Å². The van der Waals surface area contributed by atoms with Crippen molar-refractivity contribution in [2.24, 2.45) is 0 Å². The van der Waals surface area contributed by atoms with Gasteiger partial charge in [-0.15, -0.1) is 0 Å². The van der Waals surface area contributed by atoms with Crippen molar-refractivity contribution in [1.29, 1.82) is 0 Å². The van der Waals surface area contributed by atoms with E-state index in [4.69, 9.17) is 18.9 Å². The second kappa shape index (κ2) is 10.2. The molecule has 0 aliphatic rings. The van der Waals surface area contributed by atoms with E-state index in [1.54, 1.807) is 48.5 Å². The normalized spacial score (nSPS) is 10.3. The number of hydrogen-bond acceptors (Lipinski definition) is 6. The summed E-state index contributed by atoms with van der Waals surface area (Å²) < 4.78 is 34.3. The van der Waals surface area contributed by atoms with E-state index in [0.29, 0.717) is 17.2 Å². The number of carbonyl (C=O) groups is 2. The van der Waals surface area contributed by atoms with E-state index < -0.39 is 18.4 Å². The van der Waals surface area contributed by atoms with Crippen LogP contribution < -0.4 is 14.2 Å². The molecule has 3 aromatic carbocycles. The molecule has 0 aliphatic heterocycles. The van der Waals surface area contributed by atoms with Crippen LogP contribution >= 0.6 is 0 Å². The minimum Gasteiger partial charge on any atom is -0.497 e. The minimum atomic E-state index is -0.704. The second-order valence-electron chi connectivity index (χ2n) is 6.48. The second-order valence-corrected chi connectivity index (χ2v) is 6.48. The Morgan fingerprint density at radius 3 is 2.29 bits per heavy atom. The van der Waals surface area contributed by atoms with Crippen LogP contribution in [0.2, 0.25) is 0 Å². The van der Waals surface area contributed by atoms with Gasteiger partial charge < -0.3 is 18.9 Å². The first kappa shape index (κ1) is 21.8. The molecule has 0 amide bonds. The van der Waals surface area contributed by atoms with Gasteiger partial charge in [-0.2, -0.15) is 0 Å². The fraction of sp³-hybridized carbons (Fsp3) is 0.167. The number of benzene rings is 3. The molecular formula is C24H21FO6. The molecule has 0 fully saturated rings. The summed E-state index contributed by atoms with van der Waals surface area (Å²) in [6, 6.07) is 17.2. The number of rotatable bonds is 9. The van der Waals surface area contributed by atoms with Crippen molar-refractivity contribution in [2.45, 2.75) is 6.61 Å². The monoisotopic (exact) mass is 424 g/mol. The molecule has 6 nitrogen and oxygen atoms in total. The van der Waals surface area contributed by atoms with Crippen LogP contribution in [0, 0.1) is 5.82 Å². The van der Waals surface area contributed by atoms with Crippen LogP contribution in [0.25, 0.3) is 0 Å². The molecule has 0 radical (unpaired) electrons. The van der Waals surface area contributed by atoms with E-state index in [0.717, 1.165) is 5.56 Å². The molecule has 0 heterocycles.